The minimum absolute atomic E-state index is 0.608. The first-order chi connectivity index (χ1) is 7.22. The maximum absolute atomic E-state index is 10.9. The normalized spacial score (nSPS) is 10.3. The lowest BCUT2D eigenvalue weighted by atomic mass is 10.0. The molecule has 0 saturated carbocycles. The maximum Gasteiger partial charge on any atom is 0.150 e. The van der Waals surface area contributed by atoms with Gasteiger partial charge in [-0.25, -0.2) is 0 Å². The molecule has 0 unspecified atom stereocenters. The number of rotatable bonds is 2. The summed E-state index contributed by atoms with van der Waals surface area (Å²) in [5.41, 5.74) is 3.31. The van der Waals surface area contributed by atoms with Crippen molar-refractivity contribution in [2.24, 2.45) is 0 Å². The van der Waals surface area contributed by atoms with Gasteiger partial charge in [0.25, 0.3) is 0 Å². The smallest absolute Gasteiger partial charge is 0.150 e. The predicted octanol–water partition coefficient (Wildman–Crippen LogP) is 3.72. The van der Waals surface area contributed by atoms with Gasteiger partial charge in [0.1, 0.15) is 0 Å². The van der Waals surface area contributed by atoms with Crippen molar-refractivity contribution in [2.45, 2.75) is 6.92 Å². The van der Waals surface area contributed by atoms with Gasteiger partial charge in [-0.2, -0.15) is 0 Å². The zero-order valence-corrected chi connectivity index (χ0v) is 8.91. The first-order valence-corrected chi connectivity index (χ1v) is 4.88. The Labute approximate surface area is 92.5 Å². The van der Waals surface area contributed by atoms with Gasteiger partial charge in [0.15, 0.2) is 6.29 Å². The van der Waals surface area contributed by atoms with E-state index in [1.807, 2.05) is 6.92 Å². The average Bonchev–Trinajstić information content (AvgIpc) is 2.64. The topological polar surface area (TPSA) is 30.2 Å². The van der Waals surface area contributed by atoms with E-state index in [9.17, 15) is 4.79 Å². The third kappa shape index (κ3) is 1.81. The first kappa shape index (κ1) is 9.99. The number of aldehydes is 1. The Bertz CT molecular complexity index is 500. The molecule has 0 N–H and O–H groups in total. The van der Waals surface area contributed by atoms with E-state index in [2.05, 4.69) is 0 Å². The number of hydrogen-bond donors (Lipinski definition) is 0. The summed E-state index contributed by atoms with van der Waals surface area (Å²) in [5, 5.41) is 0.608. The van der Waals surface area contributed by atoms with Crippen LogP contribution in [0.15, 0.2) is 35.1 Å². The summed E-state index contributed by atoms with van der Waals surface area (Å²) >= 11 is 5.90. The molecule has 76 valence electrons. The number of aryl methyl sites for hydroxylation is 1. The van der Waals surface area contributed by atoms with E-state index in [0.29, 0.717) is 10.6 Å². The fourth-order valence-corrected chi connectivity index (χ4v) is 1.67. The van der Waals surface area contributed by atoms with E-state index in [1.54, 1.807) is 30.7 Å². The van der Waals surface area contributed by atoms with Crippen molar-refractivity contribution in [3.05, 3.63) is 46.9 Å². The van der Waals surface area contributed by atoms with Gasteiger partial charge in [0.2, 0.25) is 0 Å². The Kier molecular flexibility index (Phi) is 2.60. The van der Waals surface area contributed by atoms with Crippen LogP contribution in [0.4, 0.5) is 0 Å². The van der Waals surface area contributed by atoms with Gasteiger partial charge in [-0.1, -0.05) is 11.6 Å². The number of carbonyl (C=O) groups is 1. The molecule has 2 aromatic rings. The summed E-state index contributed by atoms with van der Waals surface area (Å²) in [5.74, 6) is 0. The molecule has 1 aromatic heterocycles. The van der Waals surface area contributed by atoms with Crippen LogP contribution in [0.5, 0.6) is 0 Å². The van der Waals surface area contributed by atoms with Crippen LogP contribution in [0, 0.1) is 6.92 Å². The van der Waals surface area contributed by atoms with E-state index >= 15 is 0 Å². The van der Waals surface area contributed by atoms with Gasteiger partial charge >= 0.3 is 0 Å². The molecule has 0 aliphatic rings. The highest BCUT2D eigenvalue weighted by molar-refractivity contribution is 6.31. The van der Waals surface area contributed by atoms with Gasteiger partial charge in [-0.3, -0.25) is 4.79 Å². The van der Waals surface area contributed by atoms with Crippen LogP contribution < -0.4 is 0 Å². The standard InChI is InChI=1S/C12H9ClO2/c1-8-6-15-7-12(8)11-4-10(13)3-2-9(11)5-14/h2-7H,1H3. The maximum atomic E-state index is 10.9. The Morgan fingerprint density at radius 1 is 1.27 bits per heavy atom. The molecule has 2 rings (SSSR count). The van der Waals surface area contributed by atoms with Gasteiger partial charge in [0, 0.05) is 16.1 Å². The molecular weight excluding hydrogens is 212 g/mol. The second-order valence-corrected chi connectivity index (χ2v) is 3.75. The summed E-state index contributed by atoms with van der Waals surface area (Å²) < 4.78 is 5.08. The minimum Gasteiger partial charge on any atom is -0.472 e. The number of furan rings is 1. The summed E-state index contributed by atoms with van der Waals surface area (Å²) in [7, 11) is 0. The van der Waals surface area contributed by atoms with Crippen molar-refractivity contribution in [1.29, 1.82) is 0 Å². The molecule has 1 aromatic carbocycles. The van der Waals surface area contributed by atoms with Crippen molar-refractivity contribution in [2.75, 3.05) is 0 Å². The molecule has 0 fully saturated rings. The highest BCUT2D eigenvalue weighted by atomic mass is 35.5. The Morgan fingerprint density at radius 2 is 2.07 bits per heavy atom. The van der Waals surface area contributed by atoms with Crippen LogP contribution in [0.3, 0.4) is 0 Å². The molecule has 0 radical (unpaired) electrons. The number of benzene rings is 1. The van der Waals surface area contributed by atoms with Gasteiger partial charge in [0.05, 0.1) is 12.5 Å². The fourth-order valence-electron chi connectivity index (χ4n) is 1.50. The first-order valence-electron chi connectivity index (χ1n) is 4.50. The van der Waals surface area contributed by atoms with Crippen LogP contribution in [0.1, 0.15) is 15.9 Å². The Hall–Kier alpha value is -1.54. The molecule has 0 aliphatic heterocycles. The van der Waals surface area contributed by atoms with E-state index in [4.69, 9.17) is 16.0 Å². The molecule has 0 bridgehead atoms. The van der Waals surface area contributed by atoms with Crippen molar-refractivity contribution in [3.63, 3.8) is 0 Å². The van der Waals surface area contributed by atoms with Gasteiger partial charge in [-0.05, 0) is 36.2 Å². The van der Waals surface area contributed by atoms with Crippen molar-refractivity contribution < 1.29 is 9.21 Å². The SMILES string of the molecule is Cc1cocc1-c1cc(Cl)ccc1C=O. The van der Waals surface area contributed by atoms with E-state index < -0.39 is 0 Å². The molecule has 2 nitrogen and oxygen atoms in total. The molecule has 15 heavy (non-hydrogen) atoms. The van der Waals surface area contributed by atoms with Crippen LogP contribution in [0.25, 0.3) is 11.1 Å². The van der Waals surface area contributed by atoms with Crippen LogP contribution in [-0.4, -0.2) is 6.29 Å². The zero-order valence-electron chi connectivity index (χ0n) is 8.16. The third-order valence-corrected chi connectivity index (χ3v) is 2.52. The lowest BCUT2D eigenvalue weighted by Crippen LogP contribution is -1.87. The number of carbonyl (C=O) groups excluding carboxylic acids is 1. The molecule has 0 amide bonds. The quantitative estimate of drug-likeness (QED) is 0.722. The van der Waals surface area contributed by atoms with Crippen LogP contribution in [-0.2, 0) is 0 Å². The summed E-state index contributed by atoms with van der Waals surface area (Å²) in [6.45, 7) is 1.92. The van der Waals surface area contributed by atoms with E-state index in [1.165, 1.54) is 0 Å². The van der Waals surface area contributed by atoms with Crippen LogP contribution in [0.2, 0.25) is 5.02 Å². The van der Waals surface area contributed by atoms with E-state index in [0.717, 1.165) is 23.0 Å². The van der Waals surface area contributed by atoms with E-state index in [-0.39, 0.29) is 0 Å². The van der Waals surface area contributed by atoms with Crippen molar-refractivity contribution in [1.82, 2.24) is 0 Å². The Morgan fingerprint density at radius 3 is 2.67 bits per heavy atom. The highest BCUT2D eigenvalue weighted by Gasteiger charge is 2.09. The molecule has 0 atom stereocenters. The highest BCUT2D eigenvalue weighted by Crippen LogP contribution is 2.29. The van der Waals surface area contributed by atoms with Crippen molar-refractivity contribution in [3.8, 4) is 11.1 Å². The zero-order chi connectivity index (χ0) is 10.8. The number of halogens is 1. The third-order valence-electron chi connectivity index (χ3n) is 2.29. The summed E-state index contributed by atoms with van der Waals surface area (Å²) in [6, 6.07) is 5.17. The van der Waals surface area contributed by atoms with Gasteiger partial charge in [-0.15, -0.1) is 0 Å². The molecule has 0 spiro atoms. The predicted molar refractivity (Wildman–Crippen MR) is 59.3 cm³/mol. The monoisotopic (exact) mass is 220 g/mol. The second kappa shape index (κ2) is 3.91. The molecule has 3 heteroatoms. The summed E-state index contributed by atoms with van der Waals surface area (Å²) in [6.07, 6.45) is 4.08. The summed E-state index contributed by atoms with van der Waals surface area (Å²) in [4.78, 5) is 10.9. The molecule has 1 heterocycles. The van der Waals surface area contributed by atoms with Crippen LogP contribution >= 0.6 is 11.6 Å². The largest absolute Gasteiger partial charge is 0.472 e. The fraction of sp³-hybridized carbons (Fsp3) is 0.0833. The second-order valence-electron chi connectivity index (χ2n) is 3.32. The minimum atomic E-state index is 0.608. The molecule has 0 aliphatic carbocycles. The lowest BCUT2D eigenvalue weighted by Gasteiger charge is -2.03. The van der Waals surface area contributed by atoms with Crippen molar-refractivity contribution >= 4 is 17.9 Å². The number of hydrogen-bond acceptors (Lipinski definition) is 2. The average molecular weight is 221 g/mol. The molecular formula is C12H9ClO2. The Balaban J connectivity index is 2.65. The molecule has 0 saturated heterocycles. The van der Waals surface area contributed by atoms with Gasteiger partial charge < -0.3 is 4.42 Å². The lowest BCUT2D eigenvalue weighted by molar-refractivity contribution is 0.112.